The highest BCUT2D eigenvalue weighted by molar-refractivity contribution is 7.13. The van der Waals surface area contributed by atoms with Gasteiger partial charge in [-0.3, -0.25) is 20.4 Å². The first-order valence-electron chi connectivity index (χ1n) is 8.80. The van der Waals surface area contributed by atoms with Gasteiger partial charge in [-0.25, -0.2) is 9.67 Å². The lowest BCUT2D eigenvalue weighted by atomic mass is 10.3. The molecule has 0 fully saturated rings. The van der Waals surface area contributed by atoms with Crippen molar-refractivity contribution >= 4 is 34.5 Å². The molecule has 3 heterocycles. The van der Waals surface area contributed by atoms with Gasteiger partial charge in [-0.05, 0) is 36.6 Å². The molecule has 0 radical (unpaired) electrons. The first-order chi connectivity index (χ1) is 14.1. The van der Waals surface area contributed by atoms with Gasteiger partial charge in [0.1, 0.15) is 16.4 Å². The molecule has 2 N–H and O–H groups in total. The average molecular weight is 424 g/mol. The van der Waals surface area contributed by atoms with Crippen LogP contribution in [0.2, 0.25) is 0 Å². The van der Waals surface area contributed by atoms with Gasteiger partial charge in [0.05, 0.1) is 17.0 Å². The van der Waals surface area contributed by atoms with Crippen molar-refractivity contribution in [2.75, 3.05) is 0 Å². The van der Waals surface area contributed by atoms with E-state index in [4.69, 9.17) is 0 Å². The summed E-state index contributed by atoms with van der Waals surface area (Å²) in [6, 6.07) is 15.0. The Hall–Kier alpha value is -3.30. The van der Waals surface area contributed by atoms with Crippen LogP contribution >= 0.6 is 22.7 Å². The molecule has 4 aromatic rings. The molecule has 29 heavy (non-hydrogen) atoms. The van der Waals surface area contributed by atoms with Crippen molar-refractivity contribution in [1.82, 2.24) is 25.6 Å². The number of benzene rings is 1. The Bertz CT molecular complexity index is 1130. The fourth-order valence-electron chi connectivity index (χ4n) is 2.71. The number of aromatic nitrogens is 3. The quantitative estimate of drug-likeness (QED) is 0.482. The van der Waals surface area contributed by atoms with E-state index < -0.39 is 5.91 Å². The standard InChI is InChI=1S/C20H17N5O2S2/c1-13-12-29-19(21-13)11-18(26)22-23-20(27)16-10-15(17-8-5-9-28-17)24-25(16)14-6-3-2-4-7-14/h2-10,12H,11H2,1H3,(H,22,26)(H,23,27). The van der Waals surface area contributed by atoms with Crippen LogP contribution in [0, 0.1) is 6.92 Å². The number of hydrogen-bond acceptors (Lipinski definition) is 6. The molecule has 146 valence electrons. The van der Waals surface area contributed by atoms with Gasteiger partial charge in [0.25, 0.3) is 5.91 Å². The number of thiophene rings is 1. The van der Waals surface area contributed by atoms with E-state index in [-0.39, 0.29) is 12.3 Å². The highest BCUT2D eigenvalue weighted by Crippen LogP contribution is 2.25. The second kappa shape index (κ2) is 8.38. The van der Waals surface area contributed by atoms with Crippen molar-refractivity contribution in [2.45, 2.75) is 13.3 Å². The van der Waals surface area contributed by atoms with Gasteiger partial charge in [0, 0.05) is 11.1 Å². The lowest BCUT2D eigenvalue weighted by Crippen LogP contribution is -2.43. The Morgan fingerprint density at radius 2 is 1.90 bits per heavy atom. The summed E-state index contributed by atoms with van der Waals surface area (Å²) in [6.07, 6.45) is 0.108. The molecule has 3 aromatic heterocycles. The minimum Gasteiger partial charge on any atom is -0.273 e. The molecule has 0 saturated carbocycles. The predicted molar refractivity (Wildman–Crippen MR) is 113 cm³/mol. The Balaban J connectivity index is 1.53. The molecule has 0 spiro atoms. The summed E-state index contributed by atoms with van der Waals surface area (Å²) in [5.41, 5.74) is 7.57. The van der Waals surface area contributed by atoms with Crippen LogP contribution in [0.25, 0.3) is 16.3 Å². The molecule has 0 aliphatic heterocycles. The van der Waals surface area contributed by atoms with Crippen molar-refractivity contribution in [3.05, 3.63) is 75.7 Å². The third-order valence-electron chi connectivity index (χ3n) is 4.01. The molecule has 0 aliphatic carbocycles. The number of thiazole rings is 1. The smallest absolute Gasteiger partial charge is 0.273 e. The normalized spacial score (nSPS) is 10.7. The number of carbonyl (C=O) groups excluding carboxylic acids is 2. The van der Waals surface area contributed by atoms with Crippen LogP contribution in [0.15, 0.2) is 59.3 Å². The largest absolute Gasteiger partial charge is 0.288 e. The molecular formula is C20H17N5O2S2. The second-order valence-electron chi connectivity index (χ2n) is 6.20. The molecule has 0 aliphatic rings. The van der Waals surface area contributed by atoms with E-state index in [1.54, 1.807) is 22.1 Å². The zero-order valence-electron chi connectivity index (χ0n) is 15.5. The molecule has 0 saturated heterocycles. The molecule has 0 atom stereocenters. The van der Waals surface area contributed by atoms with E-state index in [1.807, 2.05) is 60.1 Å². The van der Waals surface area contributed by atoms with Crippen molar-refractivity contribution < 1.29 is 9.59 Å². The number of nitrogens with one attached hydrogen (secondary N) is 2. The number of carbonyl (C=O) groups is 2. The summed E-state index contributed by atoms with van der Waals surface area (Å²) >= 11 is 2.96. The van der Waals surface area contributed by atoms with E-state index in [0.717, 1.165) is 16.3 Å². The van der Waals surface area contributed by atoms with Crippen molar-refractivity contribution in [1.29, 1.82) is 0 Å². The number of hydrogen-bond donors (Lipinski definition) is 2. The SMILES string of the molecule is Cc1csc(CC(=O)NNC(=O)c2cc(-c3cccs3)nn2-c2ccccc2)n1. The van der Waals surface area contributed by atoms with Crippen LogP contribution in [-0.2, 0) is 11.2 Å². The number of aryl methyl sites for hydroxylation is 1. The minimum atomic E-state index is -0.451. The first-order valence-corrected chi connectivity index (χ1v) is 10.6. The molecule has 4 rings (SSSR count). The zero-order chi connectivity index (χ0) is 20.2. The molecule has 0 unspecified atom stereocenters. The Morgan fingerprint density at radius 3 is 2.59 bits per heavy atom. The van der Waals surface area contributed by atoms with Gasteiger partial charge in [-0.2, -0.15) is 5.10 Å². The van der Waals surface area contributed by atoms with Crippen LogP contribution in [0.1, 0.15) is 21.2 Å². The highest BCUT2D eigenvalue weighted by Gasteiger charge is 2.19. The van der Waals surface area contributed by atoms with Crippen molar-refractivity contribution in [3.8, 4) is 16.3 Å². The van der Waals surface area contributed by atoms with Gasteiger partial charge in [-0.1, -0.05) is 24.3 Å². The number of nitrogens with zero attached hydrogens (tertiary/aromatic N) is 3. The second-order valence-corrected chi connectivity index (χ2v) is 8.09. The van der Waals surface area contributed by atoms with E-state index in [9.17, 15) is 9.59 Å². The lowest BCUT2D eigenvalue weighted by Gasteiger charge is -2.09. The van der Waals surface area contributed by atoms with Crippen molar-refractivity contribution in [3.63, 3.8) is 0 Å². The summed E-state index contributed by atoms with van der Waals surface area (Å²) in [5, 5.41) is 9.12. The zero-order valence-corrected chi connectivity index (χ0v) is 17.1. The summed E-state index contributed by atoms with van der Waals surface area (Å²) in [7, 11) is 0. The number of rotatable bonds is 5. The van der Waals surface area contributed by atoms with Crippen LogP contribution in [0.5, 0.6) is 0 Å². The molecule has 9 heteroatoms. The molecule has 0 bridgehead atoms. The van der Waals surface area contributed by atoms with Crippen molar-refractivity contribution in [2.24, 2.45) is 0 Å². The Morgan fingerprint density at radius 1 is 1.07 bits per heavy atom. The maximum Gasteiger partial charge on any atom is 0.288 e. The molecule has 7 nitrogen and oxygen atoms in total. The maximum absolute atomic E-state index is 12.8. The fraction of sp³-hybridized carbons (Fsp3) is 0.100. The van der Waals surface area contributed by atoms with Gasteiger partial charge in [0.2, 0.25) is 5.91 Å². The lowest BCUT2D eigenvalue weighted by molar-refractivity contribution is -0.121. The minimum absolute atomic E-state index is 0.108. The Labute approximate surface area is 175 Å². The van der Waals surface area contributed by atoms with E-state index >= 15 is 0 Å². The predicted octanol–water partition coefficient (Wildman–Crippen LogP) is 3.37. The van der Waals surface area contributed by atoms with Gasteiger partial charge < -0.3 is 0 Å². The van der Waals surface area contributed by atoms with E-state index in [2.05, 4.69) is 20.9 Å². The first kappa shape index (κ1) is 19.0. The molecule has 1 aromatic carbocycles. The monoisotopic (exact) mass is 423 g/mol. The van der Waals surface area contributed by atoms with Crippen LogP contribution in [0.4, 0.5) is 0 Å². The van der Waals surface area contributed by atoms with Crippen LogP contribution < -0.4 is 10.9 Å². The van der Waals surface area contributed by atoms with Crippen LogP contribution in [0.3, 0.4) is 0 Å². The topological polar surface area (TPSA) is 88.9 Å². The highest BCUT2D eigenvalue weighted by atomic mass is 32.1. The summed E-state index contributed by atoms with van der Waals surface area (Å²) in [4.78, 5) is 30.1. The summed E-state index contributed by atoms with van der Waals surface area (Å²) in [6.45, 7) is 1.87. The van der Waals surface area contributed by atoms with Gasteiger partial charge >= 0.3 is 0 Å². The number of para-hydroxylation sites is 1. The summed E-state index contributed by atoms with van der Waals surface area (Å²) in [5.74, 6) is -0.787. The maximum atomic E-state index is 12.8. The van der Waals surface area contributed by atoms with Gasteiger partial charge in [0.15, 0.2) is 0 Å². The Kier molecular flexibility index (Phi) is 5.50. The molecule has 2 amide bonds. The van der Waals surface area contributed by atoms with Gasteiger partial charge in [-0.15, -0.1) is 22.7 Å². The molecular weight excluding hydrogens is 406 g/mol. The number of hydrazine groups is 1. The van der Waals surface area contributed by atoms with E-state index in [0.29, 0.717) is 16.4 Å². The number of amides is 2. The third kappa shape index (κ3) is 4.41. The average Bonchev–Trinajstić information content (AvgIpc) is 3.47. The van der Waals surface area contributed by atoms with E-state index in [1.165, 1.54) is 11.3 Å². The summed E-state index contributed by atoms with van der Waals surface area (Å²) < 4.78 is 1.57. The van der Waals surface area contributed by atoms with Crippen LogP contribution in [-0.4, -0.2) is 26.6 Å². The fourth-order valence-corrected chi connectivity index (χ4v) is 4.16. The third-order valence-corrected chi connectivity index (χ3v) is 5.87.